The Balaban J connectivity index is 4.41. The Morgan fingerprint density at radius 3 is 0.938 bits per heavy atom. The second-order valence-electron chi connectivity index (χ2n) is 3.46. The van der Waals surface area contributed by atoms with Gasteiger partial charge in [0.05, 0.1) is 13.2 Å². The lowest BCUT2D eigenvalue weighted by Gasteiger charge is -2.29. The molecule has 0 radical (unpaired) electrons. The van der Waals surface area contributed by atoms with E-state index >= 15 is 0 Å². The molecular formula is C8H18O8. The zero-order chi connectivity index (χ0) is 12.9. The molecule has 0 aliphatic heterocycles. The third-order valence-electron chi connectivity index (χ3n) is 2.21. The molecule has 0 rings (SSSR count). The van der Waals surface area contributed by atoms with Crippen LogP contribution < -0.4 is 0 Å². The maximum absolute atomic E-state index is 9.28. The van der Waals surface area contributed by atoms with Crippen molar-refractivity contribution >= 4 is 0 Å². The van der Waals surface area contributed by atoms with Gasteiger partial charge in [0.15, 0.2) is 0 Å². The Bertz CT molecular complexity index is 169. The molecule has 0 aliphatic carbocycles. The van der Waals surface area contributed by atoms with E-state index in [1.54, 1.807) is 0 Å². The second kappa shape index (κ2) is 7.09. The van der Waals surface area contributed by atoms with Gasteiger partial charge in [-0.3, -0.25) is 0 Å². The fourth-order valence-electron chi connectivity index (χ4n) is 1.08. The lowest BCUT2D eigenvalue weighted by molar-refractivity contribution is -0.161. The first-order valence-corrected chi connectivity index (χ1v) is 4.66. The molecule has 0 amide bonds. The fourth-order valence-corrected chi connectivity index (χ4v) is 1.08. The molecule has 0 unspecified atom stereocenters. The summed E-state index contributed by atoms with van der Waals surface area (Å²) < 4.78 is 0. The van der Waals surface area contributed by atoms with Crippen molar-refractivity contribution in [2.45, 2.75) is 36.6 Å². The molecule has 0 aliphatic rings. The number of hydrogen-bond donors (Lipinski definition) is 8. The van der Waals surface area contributed by atoms with Gasteiger partial charge in [0.1, 0.15) is 36.6 Å². The van der Waals surface area contributed by atoms with Crippen LogP contribution in [0.1, 0.15) is 0 Å². The first-order valence-electron chi connectivity index (χ1n) is 4.66. The van der Waals surface area contributed by atoms with Crippen LogP contribution in [0.4, 0.5) is 0 Å². The van der Waals surface area contributed by atoms with Crippen LogP contribution in [-0.2, 0) is 0 Å². The van der Waals surface area contributed by atoms with Gasteiger partial charge in [-0.2, -0.15) is 0 Å². The summed E-state index contributed by atoms with van der Waals surface area (Å²) in [5, 5.41) is 71.8. The Hall–Kier alpha value is -0.320. The third-order valence-corrected chi connectivity index (χ3v) is 2.21. The van der Waals surface area contributed by atoms with Crippen LogP contribution in [0.15, 0.2) is 0 Å². The van der Waals surface area contributed by atoms with Crippen LogP contribution in [0.25, 0.3) is 0 Å². The standard InChI is InChI=1S/C8H18O8/c9-1-3(11)5(13)7(15)8(16)6(14)4(12)2-10/h3-16H,1-2H2/t3-,4-,5-,6+,7+,8-/m1/s1. The molecule has 0 saturated heterocycles. The molecule has 8 nitrogen and oxygen atoms in total. The van der Waals surface area contributed by atoms with Crippen LogP contribution in [-0.4, -0.2) is 90.7 Å². The highest BCUT2D eigenvalue weighted by molar-refractivity contribution is 4.87. The van der Waals surface area contributed by atoms with Crippen molar-refractivity contribution in [1.82, 2.24) is 0 Å². The quantitative estimate of drug-likeness (QED) is 0.220. The summed E-state index contributed by atoms with van der Waals surface area (Å²) in [5.74, 6) is 0. The summed E-state index contributed by atoms with van der Waals surface area (Å²) in [6.45, 7) is -1.69. The Morgan fingerprint density at radius 1 is 0.500 bits per heavy atom. The molecule has 0 aromatic rings. The largest absolute Gasteiger partial charge is 0.394 e. The molecule has 16 heavy (non-hydrogen) atoms. The zero-order valence-electron chi connectivity index (χ0n) is 8.46. The van der Waals surface area contributed by atoms with Crippen molar-refractivity contribution < 1.29 is 40.9 Å². The molecule has 8 N–H and O–H groups in total. The van der Waals surface area contributed by atoms with Crippen LogP contribution in [0.5, 0.6) is 0 Å². The van der Waals surface area contributed by atoms with Gasteiger partial charge in [0.25, 0.3) is 0 Å². The molecule has 0 heterocycles. The van der Waals surface area contributed by atoms with Gasteiger partial charge >= 0.3 is 0 Å². The van der Waals surface area contributed by atoms with Gasteiger partial charge < -0.3 is 40.9 Å². The number of aliphatic hydroxyl groups is 8. The molecule has 0 bridgehead atoms. The molecule has 6 atom stereocenters. The maximum atomic E-state index is 9.28. The van der Waals surface area contributed by atoms with E-state index < -0.39 is 49.8 Å². The summed E-state index contributed by atoms with van der Waals surface area (Å²) in [6.07, 6.45) is -11.1. The highest BCUT2D eigenvalue weighted by atomic mass is 16.4. The normalized spacial score (nSPS) is 23.2. The zero-order valence-corrected chi connectivity index (χ0v) is 8.46. The second-order valence-corrected chi connectivity index (χ2v) is 3.46. The smallest absolute Gasteiger partial charge is 0.111 e. The molecular weight excluding hydrogens is 224 g/mol. The van der Waals surface area contributed by atoms with Crippen molar-refractivity contribution in [3.05, 3.63) is 0 Å². The van der Waals surface area contributed by atoms with Crippen molar-refractivity contribution in [2.75, 3.05) is 13.2 Å². The summed E-state index contributed by atoms with van der Waals surface area (Å²) in [4.78, 5) is 0. The summed E-state index contributed by atoms with van der Waals surface area (Å²) in [7, 11) is 0. The topological polar surface area (TPSA) is 162 Å². The van der Waals surface area contributed by atoms with Gasteiger partial charge in [-0.05, 0) is 0 Å². The van der Waals surface area contributed by atoms with Gasteiger partial charge in [-0.15, -0.1) is 0 Å². The molecule has 0 saturated carbocycles. The Kier molecular flexibility index (Phi) is 6.95. The monoisotopic (exact) mass is 242 g/mol. The fraction of sp³-hybridized carbons (Fsp3) is 1.00. The van der Waals surface area contributed by atoms with E-state index in [0.29, 0.717) is 0 Å². The van der Waals surface area contributed by atoms with Gasteiger partial charge in [-0.1, -0.05) is 0 Å². The summed E-state index contributed by atoms with van der Waals surface area (Å²) in [6, 6.07) is 0. The van der Waals surface area contributed by atoms with E-state index in [-0.39, 0.29) is 0 Å². The summed E-state index contributed by atoms with van der Waals surface area (Å²) >= 11 is 0. The van der Waals surface area contributed by atoms with Gasteiger partial charge in [-0.25, -0.2) is 0 Å². The molecule has 0 aromatic carbocycles. The molecule has 0 spiro atoms. The predicted octanol–water partition coefficient (Wildman–Crippen LogP) is -4.86. The lowest BCUT2D eigenvalue weighted by Crippen LogP contribution is -2.53. The highest BCUT2D eigenvalue weighted by Gasteiger charge is 2.36. The average Bonchev–Trinajstić information content (AvgIpc) is 2.32. The van der Waals surface area contributed by atoms with Crippen LogP contribution in [0, 0.1) is 0 Å². The highest BCUT2D eigenvalue weighted by Crippen LogP contribution is 2.10. The van der Waals surface area contributed by atoms with Crippen molar-refractivity contribution in [1.29, 1.82) is 0 Å². The van der Waals surface area contributed by atoms with Crippen LogP contribution in [0.2, 0.25) is 0 Å². The summed E-state index contributed by atoms with van der Waals surface area (Å²) in [5.41, 5.74) is 0. The molecule has 0 aromatic heterocycles. The first-order chi connectivity index (χ1) is 7.36. The van der Waals surface area contributed by atoms with Crippen molar-refractivity contribution in [3.8, 4) is 0 Å². The van der Waals surface area contributed by atoms with E-state index in [1.807, 2.05) is 0 Å². The Labute approximate surface area is 91.6 Å². The first kappa shape index (κ1) is 15.7. The van der Waals surface area contributed by atoms with E-state index in [2.05, 4.69) is 0 Å². The van der Waals surface area contributed by atoms with E-state index in [0.717, 1.165) is 0 Å². The number of rotatable bonds is 7. The number of hydrogen-bond acceptors (Lipinski definition) is 8. The van der Waals surface area contributed by atoms with Gasteiger partial charge in [0.2, 0.25) is 0 Å². The van der Waals surface area contributed by atoms with Crippen molar-refractivity contribution in [2.24, 2.45) is 0 Å². The molecule has 0 fully saturated rings. The molecule has 98 valence electrons. The SMILES string of the molecule is OC[C@@H](O)[C@H](O)[C@@H](O)[C@@H](O)[C@H](O)[C@H](O)CO. The lowest BCUT2D eigenvalue weighted by atomic mass is 9.97. The molecule has 8 heteroatoms. The van der Waals surface area contributed by atoms with Crippen molar-refractivity contribution in [3.63, 3.8) is 0 Å². The van der Waals surface area contributed by atoms with E-state index in [9.17, 15) is 20.4 Å². The average molecular weight is 242 g/mol. The Morgan fingerprint density at radius 2 is 0.750 bits per heavy atom. The minimum atomic E-state index is -1.97. The maximum Gasteiger partial charge on any atom is 0.111 e. The number of aliphatic hydroxyl groups excluding tert-OH is 8. The van der Waals surface area contributed by atoms with Gasteiger partial charge in [0, 0.05) is 0 Å². The minimum absolute atomic E-state index is 0.844. The third kappa shape index (κ3) is 3.92. The van der Waals surface area contributed by atoms with E-state index in [4.69, 9.17) is 20.4 Å². The van der Waals surface area contributed by atoms with E-state index in [1.165, 1.54) is 0 Å². The predicted molar refractivity (Wildman–Crippen MR) is 50.2 cm³/mol. The van der Waals surface area contributed by atoms with Crippen LogP contribution in [0.3, 0.4) is 0 Å². The van der Waals surface area contributed by atoms with Crippen LogP contribution >= 0.6 is 0 Å². The minimum Gasteiger partial charge on any atom is -0.394 e.